The number of carbonyl (C=O) groups is 3. The predicted octanol–water partition coefficient (Wildman–Crippen LogP) is 3.09. The van der Waals surface area contributed by atoms with E-state index in [4.69, 9.17) is 4.74 Å². The number of rotatable bonds is 5. The average molecular weight is 412 g/mol. The van der Waals surface area contributed by atoms with Gasteiger partial charge in [-0.15, -0.1) is 11.3 Å². The number of allylic oxidation sites excluding steroid dienone is 2. The van der Waals surface area contributed by atoms with Crippen LogP contribution in [0.3, 0.4) is 0 Å². The molecular formula is C22H22NO5S-. The zero-order valence-electron chi connectivity index (χ0n) is 16.5. The molecule has 1 aromatic carbocycles. The maximum atomic E-state index is 12.8. The van der Waals surface area contributed by atoms with Crippen LogP contribution in [0.5, 0.6) is 0 Å². The Hall–Kier alpha value is -2.93. The van der Waals surface area contributed by atoms with Crippen molar-refractivity contribution in [3.63, 3.8) is 0 Å². The number of amides is 1. The summed E-state index contributed by atoms with van der Waals surface area (Å²) in [6, 6.07) is 5.94. The third-order valence-electron chi connectivity index (χ3n) is 5.17. The van der Waals surface area contributed by atoms with Crippen LogP contribution in [0.2, 0.25) is 0 Å². The average Bonchev–Trinajstić information content (AvgIpc) is 3.12. The predicted molar refractivity (Wildman–Crippen MR) is 110 cm³/mol. The molecule has 1 amide bonds. The molecule has 0 unspecified atom stereocenters. The lowest BCUT2D eigenvalue weighted by Crippen LogP contribution is -2.41. The molecular weight excluding hydrogens is 390 g/mol. The molecule has 1 aliphatic rings. The summed E-state index contributed by atoms with van der Waals surface area (Å²) in [5, 5.41) is 16.3. The van der Waals surface area contributed by atoms with Crippen molar-refractivity contribution in [3.8, 4) is 11.1 Å². The Kier molecular flexibility index (Phi) is 6.17. The maximum Gasteiger partial charge on any atom is 0.341 e. The number of esters is 1. The molecule has 2 atom stereocenters. The van der Waals surface area contributed by atoms with E-state index in [1.807, 2.05) is 32.0 Å². The lowest BCUT2D eigenvalue weighted by atomic mass is 9.82. The van der Waals surface area contributed by atoms with E-state index in [1.165, 1.54) is 18.4 Å². The van der Waals surface area contributed by atoms with Gasteiger partial charge in [-0.2, -0.15) is 0 Å². The molecule has 1 aliphatic carbocycles. The van der Waals surface area contributed by atoms with Crippen molar-refractivity contribution in [1.29, 1.82) is 0 Å². The van der Waals surface area contributed by atoms with Crippen LogP contribution in [0.4, 0.5) is 5.00 Å². The number of anilines is 1. The minimum atomic E-state index is -1.25. The van der Waals surface area contributed by atoms with E-state index in [9.17, 15) is 19.5 Å². The highest BCUT2D eigenvalue weighted by Gasteiger charge is 2.31. The fourth-order valence-corrected chi connectivity index (χ4v) is 4.50. The number of carboxylic acid groups (broad SMARTS) is 1. The number of aryl methyl sites for hydroxylation is 2. The molecule has 0 spiro atoms. The van der Waals surface area contributed by atoms with E-state index >= 15 is 0 Å². The quantitative estimate of drug-likeness (QED) is 0.601. The van der Waals surface area contributed by atoms with Crippen molar-refractivity contribution in [2.24, 2.45) is 11.8 Å². The first-order valence-corrected chi connectivity index (χ1v) is 10.2. The summed E-state index contributed by atoms with van der Waals surface area (Å²) >= 11 is 1.22. The Morgan fingerprint density at radius 1 is 1.10 bits per heavy atom. The van der Waals surface area contributed by atoms with Gasteiger partial charge in [0.1, 0.15) is 10.6 Å². The summed E-state index contributed by atoms with van der Waals surface area (Å²) in [6.07, 6.45) is 4.10. The lowest BCUT2D eigenvalue weighted by Gasteiger charge is -2.28. The second-order valence-corrected chi connectivity index (χ2v) is 8.01. The van der Waals surface area contributed by atoms with Gasteiger partial charge in [0.2, 0.25) is 5.91 Å². The van der Waals surface area contributed by atoms with Gasteiger partial charge >= 0.3 is 5.97 Å². The molecule has 0 saturated heterocycles. The van der Waals surface area contributed by atoms with Gasteiger partial charge in [-0.3, -0.25) is 4.79 Å². The number of methoxy groups -OCH3 is 1. The van der Waals surface area contributed by atoms with Crippen molar-refractivity contribution in [1.82, 2.24) is 0 Å². The highest BCUT2D eigenvalue weighted by atomic mass is 32.1. The number of hydrogen-bond acceptors (Lipinski definition) is 6. The third-order valence-corrected chi connectivity index (χ3v) is 6.07. The van der Waals surface area contributed by atoms with Gasteiger partial charge in [0, 0.05) is 22.8 Å². The molecule has 1 N–H and O–H groups in total. The summed E-state index contributed by atoms with van der Waals surface area (Å²) in [4.78, 5) is 36.8. The van der Waals surface area contributed by atoms with Gasteiger partial charge in [0.15, 0.2) is 0 Å². The second kappa shape index (κ2) is 8.61. The van der Waals surface area contributed by atoms with Crippen molar-refractivity contribution in [2.45, 2.75) is 26.7 Å². The van der Waals surface area contributed by atoms with Crippen LogP contribution in [0.25, 0.3) is 11.1 Å². The van der Waals surface area contributed by atoms with E-state index < -0.39 is 29.7 Å². The van der Waals surface area contributed by atoms with Gasteiger partial charge in [-0.25, -0.2) is 4.79 Å². The van der Waals surface area contributed by atoms with Crippen molar-refractivity contribution in [3.05, 3.63) is 52.4 Å². The number of hydrogen-bond donors (Lipinski definition) is 1. The highest BCUT2D eigenvalue weighted by molar-refractivity contribution is 7.15. The molecule has 1 aromatic heterocycles. The lowest BCUT2D eigenvalue weighted by molar-refractivity contribution is -0.313. The summed E-state index contributed by atoms with van der Waals surface area (Å²) in [5.41, 5.74) is 3.87. The van der Waals surface area contributed by atoms with Gasteiger partial charge < -0.3 is 20.0 Å². The Labute approximate surface area is 173 Å². The SMILES string of the molecule is COC(=O)c1c(-c2cc(C)ccc2C)csc1NC(=O)[C@@H]1CC=CC[C@@H]1C(=O)[O-]. The number of ether oxygens (including phenoxy) is 1. The number of aliphatic carboxylic acids is 1. The molecule has 0 bridgehead atoms. The molecule has 0 fully saturated rings. The third kappa shape index (κ3) is 4.24. The number of nitrogens with one attached hydrogen (secondary N) is 1. The van der Waals surface area contributed by atoms with Crippen LogP contribution in [0.15, 0.2) is 35.7 Å². The molecule has 2 aromatic rings. The molecule has 0 saturated carbocycles. The standard InChI is InChI=1S/C22H23NO5S/c1-12-8-9-13(2)16(10-12)17-11-29-20(18(17)22(27)28-3)23-19(24)14-6-4-5-7-15(14)21(25)26/h4-5,8-11,14-15H,6-7H2,1-3H3,(H,23,24)(H,25,26)/p-1/t14-,15+/m1/s1. The topological polar surface area (TPSA) is 95.5 Å². The van der Waals surface area contributed by atoms with Crippen molar-refractivity contribution in [2.75, 3.05) is 12.4 Å². The van der Waals surface area contributed by atoms with Crippen LogP contribution in [-0.2, 0) is 14.3 Å². The Bertz CT molecular complexity index is 991. The normalized spacial score (nSPS) is 18.3. The van der Waals surface area contributed by atoms with Gasteiger partial charge in [0.05, 0.1) is 13.0 Å². The number of thiophene rings is 1. The first kappa shape index (κ1) is 20.8. The van der Waals surface area contributed by atoms with Gasteiger partial charge in [0.25, 0.3) is 0 Å². The summed E-state index contributed by atoms with van der Waals surface area (Å²) in [7, 11) is 1.29. The van der Waals surface area contributed by atoms with Gasteiger partial charge in [-0.05, 0) is 37.8 Å². The summed E-state index contributed by atoms with van der Waals surface area (Å²) < 4.78 is 4.96. The molecule has 6 nitrogen and oxygen atoms in total. The smallest absolute Gasteiger partial charge is 0.341 e. The first-order valence-electron chi connectivity index (χ1n) is 9.27. The van der Waals surface area contributed by atoms with E-state index in [2.05, 4.69) is 5.32 Å². The van der Waals surface area contributed by atoms with Crippen molar-refractivity contribution >= 4 is 34.2 Å². The van der Waals surface area contributed by atoms with E-state index in [0.717, 1.165) is 16.7 Å². The van der Waals surface area contributed by atoms with Crippen LogP contribution < -0.4 is 10.4 Å². The van der Waals surface area contributed by atoms with Gasteiger partial charge in [-0.1, -0.05) is 35.9 Å². The van der Waals surface area contributed by atoms with E-state index in [0.29, 0.717) is 17.0 Å². The molecule has 29 heavy (non-hydrogen) atoms. The largest absolute Gasteiger partial charge is 0.550 e. The Balaban J connectivity index is 1.98. The molecule has 1 heterocycles. The highest BCUT2D eigenvalue weighted by Crippen LogP contribution is 2.38. The monoisotopic (exact) mass is 412 g/mol. The summed E-state index contributed by atoms with van der Waals surface area (Å²) in [6.45, 7) is 3.91. The first-order chi connectivity index (χ1) is 13.8. The second-order valence-electron chi connectivity index (χ2n) is 7.13. The zero-order valence-corrected chi connectivity index (χ0v) is 17.3. The van der Waals surface area contributed by atoms with Crippen LogP contribution in [0, 0.1) is 25.7 Å². The van der Waals surface area contributed by atoms with Crippen LogP contribution in [0.1, 0.15) is 34.3 Å². The fourth-order valence-electron chi connectivity index (χ4n) is 3.55. The number of benzene rings is 1. The van der Waals surface area contributed by atoms with Crippen LogP contribution >= 0.6 is 11.3 Å². The molecule has 0 radical (unpaired) electrons. The van der Waals surface area contributed by atoms with Crippen LogP contribution in [-0.4, -0.2) is 25.0 Å². The fraction of sp³-hybridized carbons (Fsp3) is 0.318. The molecule has 152 valence electrons. The minimum absolute atomic E-state index is 0.252. The number of carboxylic acids is 1. The zero-order chi connectivity index (χ0) is 21.1. The minimum Gasteiger partial charge on any atom is -0.550 e. The number of carbonyl (C=O) groups excluding carboxylic acids is 3. The molecule has 3 rings (SSSR count). The van der Waals surface area contributed by atoms with Crippen molar-refractivity contribution < 1.29 is 24.2 Å². The van der Waals surface area contributed by atoms with E-state index in [-0.39, 0.29) is 12.0 Å². The maximum absolute atomic E-state index is 12.8. The summed E-state index contributed by atoms with van der Waals surface area (Å²) in [5.74, 6) is -3.88. The Morgan fingerprint density at radius 3 is 2.45 bits per heavy atom. The van der Waals surface area contributed by atoms with E-state index in [1.54, 1.807) is 17.5 Å². The molecule has 7 heteroatoms. The molecule has 0 aliphatic heterocycles. The Morgan fingerprint density at radius 2 is 1.79 bits per heavy atom.